The molecule has 3 heterocycles. The van der Waals surface area contributed by atoms with Crippen molar-refractivity contribution in [2.75, 3.05) is 14.1 Å². The van der Waals surface area contributed by atoms with Crippen LogP contribution >= 0.6 is 23.1 Å². The van der Waals surface area contributed by atoms with Crippen molar-refractivity contribution in [1.29, 1.82) is 0 Å². The molecular weight excluding hydrogens is 392 g/mol. The van der Waals surface area contributed by atoms with E-state index in [0.29, 0.717) is 22.0 Å². The van der Waals surface area contributed by atoms with Gasteiger partial charge in [0.1, 0.15) is 15.6 Å². The topological polar surface area (TPSA) is 96.0 Å². The Kier molecular flexibility index (Phi) is 5.20. The molecule has 3 aromatic heterocycles. The van der Waals surface area contributed by atoms with Crippen LogP contribution in [0.4, 0.5) is 0 Å². The molecule has 0 saturated heterocycles. The fourth-order valence-corrected chi connectivity index (χ4v) is 4.93. The standard InChI is InChI=1S/C16H18N4O3S3/c1-9-10(2)25-16-14(9)15(21)18-12(19-16)8-24-13-6-5-11(7-17-13)26(22,23)20(3)4/h5-7H,8H2,1-4H3,(H,18,19,21). The van der Waals surface area contributed by atoms with Gasteiger partial charge >= 0.3 is 0 Å². The van der Waals surface area contributed by atoms with Crippen LogP contribution in [0.5, 0.6) is 0 Å². The number of H-pyrrole nitrogens is 1. The van der Waals surface area contributed by atoms with Gasteiger partial charge in [0, 0.05) is 25.2 Å². The highest BCUT2D eigenvalue weighted by Crippen LogP contribution is 2.27. The first-order valence-electron chi connectivity index (χ1n) is 7.70. The summed E-state index contributed by atoms with van der Waals surface area (Å²) in [6.45, 7) is 3.90. The smallest absolute Gasteiger partial charge is 0.259 e. The van der Waals surface area contributed by atoms with Gasteiger partial charge in [-0.2, -0.15) is 0 Å². The van der Waals surface area contributed by atoms with Crippen molar-refractivity contribution in [3.05, 3.63) is 44.9 Å². The van der Waals surface area contributed by atoms with Crippen LogP contribution in [0.3, 0.4) is 0 Å². The molecule has 0 aliphatic carbocycles. The third kappa shape index (κ3) is 3.54. The maximum absolute atomic E-state index is 12.3. The van der Waals surface area contributed by atoms with Crippen LogP contribution in [-0.2, 0) is 15.8 Å². The number of hydrogen-bond donors (Lipinski definition) is 1. The lowest BCUT2D eigenvalue weighted by molar-refractivity contribution is 0.520. The minimum absolute atomic E-state index is 0.132. The average Bonchev–Trinajstić information content (AvgIpc) is 2.88. The molecule has 3 rings (SSSR count). The quantitative estimate of drug-likeness (QED) is 0.650. The Hall–Kier alpha value is -1.75. The fraction of sp³-hybridized carbons (Fsp3) is 0.312. The molecule has 1 N–H and O–H groups in total. The third-order valence-electron chi connectivity index (χ3n) is 3.93. The normalized spacial score (nSPS) is 12.2. The zero-order valence-electron chi connectivity index (χ0n) is 14.7. The van der Waals surface area contributed by atoms with Crippen molar-refractivity contribution in [3.63, 3.8) is 0 Å². The van der Waals surface area contributed by atoms with Crippen molar-refractivity contribution >= 4 is 43.3 Å². The molecule has 0 atom stereocenters. The zero-order valence-corrected chi connectivity index (χ0v) is 17.2. The predicted molar refractivity (Wildman–Crippen MR) is 104 cm³/mol. The summed E-state index contributed by atoms with van der Waals surface area (Å²) in [5, 5.41) is 1.31. The molecule has 0 amide bonds. The lowest BCUT2D eigenvalue weighted by atomic mass is 10.2. The molecular formula is C16H18N4O3S3. The maximum atomic E-state index is 12.3. The van der Waals surface area contributed by atoms with E-state index in [2.05, 4.69) is 15.0 Å². The van der Waals surface area contributed by atoms with Crippen LogP contribution in [-0.4, -0.2) is 41.8 Å². The molecule has 3 aromatic rings. The van der Waals surface area contributed by atoms with Gasteiger partial charge in [0.05, 0.1) is 16.2 Å². The second kappa shape index (κ2) is 7.10. The highest BCUT2D eigenvalue weighted by atomic mass is 32.2. The molecule has 7 nitrogen and oxygen atoms in total. The van der Waals surface area contributed by atoms with Crippen LogP contribution in [0, 0.1) is 13.8 Å². The van der Waals surface area contributed by atoms with E-state index in [1.54, 1.807) is 6.07 Å². The minimum atomic E-state index is -3.49. The van der Waals surface area contributed by atoms with Gasteiger partial charge in [0.2, 0.25) is 10.0 Å². The van der Waals surface area contributed by atoms with E-state index in [0.717, 1.165) is 19.6 Å². The van der Waals surface area contributed by atoms with Crippen molar-refractivity contribution in [2.45, 2.75) is 29.5 Å². The summed E-state index contributed by atoms with van der Waals surface area (Å²) in [4.78, 5) is 25.8. The molecule has 10 heteroatoms. The van der Waals surface area contributed by atoms with Crippen LogP contribution < -0.4 is 5.56 Å². The van der Waals surface area contributed by atoms with E-state index in [4.69, 9.17) is 0 Å². The van der Waals surface area contributed by atoms with E-state index in [1.807, 2.05) is 13.8 Å². The Morgan fingerprint density at radius 1 is 1.27 bits per heavy atom. The first kappa shape index (κ1) is 19.0. The van der Waals surface area contributed by atoms with E-state index in [9.17, 15) is 13.2 Å². The number of pyridine rings is 1. The van der Waals surface area contributed by atoms with Crippen molar-refractivity contribution in [1.82, 2.24) is 19.3 Å². The summed E-state index contributed by atoms with van der Waals surface area (Å²) in [5.41, 5.74) is 0.838. The number of hydrogen-bond acceptors (Lipinski definition) is 7. The Labute approximate surface area is 159 Å². The number of nitrogens with one attached hydrogen (secondary N) is 1. The first-order chi connectivity index (χ1) is 12.2. The maximum Gasteiger partial charge on any atom is 0.259 e. The average molecular weight is 411 g/mol. The number of aryl methyl sites for hydroxylation is 2. The summed E-state index contributed by atoms with van der Waals surface area (Å²) in [6, 6.07) is 3.17. The van der Waals surface area contributed by atoms with Crippen LogP contribution in [0.15, 0.2) is 33.0 Å². The number of thioether (sulfide) groups is 1. The molecule has 0 aliphatic rings. The second-order valence-electron chi connectivity index (χ2n) is 5.88. The monoisotopic (exact) mass is 410 g/mol. The number of nitrogens with zero attached hydrogens (tertiary/aromatic N) is 3. The first-order valence-corrected chi connectivity index (χ1v) is 10.9. The van der Waals surface area contributed by atoms with Gasteiger partial charge in [-0.25, -0.2) is 22.7 Å². The van der Waals surface area contributed by atoms with Crippen LogP contribution in [0.1, 0.15) is 16.3 Å². The molecule has 0 saturated carbocycles. The SMILES string of the molecule is Cc1sc2nc(CSc3ccc(S(=O)(=O)N(C)C)cn3)[nH]c(=O)c2c1C. The van der Waals surface area contributed by atoms with Crippen molar-refractivity contribution < 1.29 is 8.42 Å². The molecule has 26 heavy (non-hydrogen) atoms. The lowest BCUT2D eigenvalue weighted by Gasteiger charge is -2.11. The molecule has 0 bridgehead atoms. The highest BCUT2D eigenvalue weighted by Gasteiger charge is 2.17. The Morgan fingerprint density at radius 2 is 2.00 bits per heavy atom. The summed E-state index contributed by atoms with van der Waals surface area (Å²) in [6.07, 6.45) is 1.34. The molecule has 0 spiro atoms. The largest absolute Gasteiger partial charge is 0.309 e. The van der Waals surface area contributed by atoms with Crippen molar-refractivity contribution in [2.24, 2.45) is 0 Å². The fourth-order valence-electron chi connectivity index (χ4n) is 2.33. The molecule has 0 radical (unpaired) electrons. The summed E-state index contributed by atoms with van der Waals surface area (Å²) < 4.78 is 25.2. The number of aromatic nitrogens is 3. The summed E-state index contributed by atoms with van der Waals surface area (Å²) in [5.74, 6) is 1.01. The van der Waals surface area contributed by atoms with Crippen LogP contribution in [0.25, 0.3) is 10.2 Å². The van der Waals surface area contributed by atoms with Gasteiger partial charge in [-0.15, -0.1) is 11.3 Å². The van der Waals surface area contributed by atoms with Gasteiger partial charge in [-0.05, 0) is 31.5 Å². The van der Waals surface area contributed by atoms with Crippen LogP contribution in [0.2, 0.25) is 0 Å². The molecule has 0 fully saturated rings. The number of aromatic amines is 1. The zero-order chi connectivity index (χ0) is 19.1. The number of sulfonamides is 1. The molecule has 138 valence electrons. The number of fused-ring (bicyclic) bond motifs is 1. The molecule has 0 unspecified atom stereocenters. The van der Waals surface area contributed by atoms with Gasteiger partial charge in [-0.3, -0.25) is 4.79 Å². The summed E-state index contributed by atoms with van der Waals surface area (Å²) >= 11 is 2.89. The molecule has 0 aromatic carbocycles. The second-order valence-corrected chi connectivity index (χ2v) is 10.2. The lowest BCUT2D eigenvalue weighted by Crippen LogP contribution is -2.22. The predicted octanol–water partition coefficient (Wildman–Crippen LogP) is 2.54. The number of rotatable bonds is 5. The number of thiophene rings is 1. The molecule has 0 aliphatic heterocycles. The summed E-state index contributed by atoms with van der Waals surface area (Å²) in [7, 11) is -0.537. The Morgan fingerprint density at radius 3 is 2.62 bits per heavy atom. The van der Waals surface area contributed by atoms with Gasteiger partial charge < -0.3 is 4.98 Å². The van der Waals surface area contributed by atoms with E-state index in [1.165, 1.54) is 49.5 Å². The van der Waals surface area contributed by atoms with E-state index < -0.39 is 10.0 Å². The minimum Gasteiger partial charge on any atom is -0.309 e. The Bertz CT molecular complexity index is 1120. The Balaban J connectivity index is 1.79. The van der Waals surface area contributed by atoms with Gasteiger partial charge in [-0.1, -0.05) is 11.8 Å². The van der Waals surface area contributed by atoms with E-state index >= 15 is 0 Å². The van der Waals surface area contributed by atoms with Crippen molar-refractivity contribution in [3.8, 4) is 0 Å². The van der Waals surface area contributed by atoms with Gasteiger partial charge in [0.15, 0.2) is 0 Å². The van der Waals surface area contributed by atoms with E-state index in [-0.39, 0.29) is 10.5 Å². The third-order valence-corrected chi connectivity index (χ3v) is 7.79. The van der Waals surface area contributed by atoms with Gasteiger partial charge in [0.25, 0.3) is 5.56 Å². The highest BCUT2D eigenvalue weighted by molar-refractivity contribution is 7.98.